The second-order valence-electron chi connectivity index (χ2n) is 4.70. The van der Waals surface area contributed by atoms with Gasteiger partial charge in [0.25, 0.3) is 0 Å². The highest BCUT2D eigenvalue weighted by molar-refractivity contribution is 7.89. The molecular weight excluding hydrogens is 244 g/mol. The van der Waals surface area contributed by atoms with E-state index in [9.17, 15) is 13.2 Å². The number of hydrogen-bond acceptors (Lipinski definition) is 4. The highest BCUT2D eigenvalue weighted by Crippen LogP contribution is 2.28. The molecule has 2 unspecified atom stereocenters. The number of piperidine rings is 1. The van der Waals surface area contributed by atoms with Crippen LogP contribution in [0.2, 0.25) is 0 Å². The largest absolute Gasteiger partial charge is 0.481 e. The van der Waals surface area contributed by atoms with Crippen LogP contribution >= 0.6 is 0 Å². The Hall–Kier alpha value is -0.660. The molecule has 0 radical (unpaired) electrons. The van der Waals surface area contributed by atoms with Gasteiger partial charge in [-0.05, 0) is 25.3 Å². The van der Waals surface area contributed by atoms with Crippen LogP contribution < -0.4 is 5.32 Å². The van der Waals surface area contributed by atoms with Crippen molar-refractivity contribution in [2.75, 3.05) is 25.4 Å². The molecule has 2 aliphatic heterocycles. The molecule has 0 bridgehead atoms. The van der Waals surface area contributed by atoms with E-state index < -0.39 is 16.0 Å². The van der Waals surface area contributed by atoms with Gasteiger partial charge in [0.2, 0.25) is 10.0 Å². The second-order valence-corrected chi connectivity index (χ2v) is 6.74. The second kappa shape index (κ2) is 4.91. The highest BCUT2D eigenvalue weighted by atomic mass is 32.2. The maximum absolute atomic E-state index is 12.1. The van der Waals surface area contributed by atoms with Crippen molar-refractivity contribution in [3.63, 3.8) is 0 Å². The van der Waals surface area contributed by atoms with Gasteiger partial charge in [-0.2, -0.15) is 4.31 Å². The summed E-state index contributed by atoms with van der Waals surface area (Å²) in [7, 11) is -3.42. The molecule has 98 valence electrons. The normalized spacial score (nSPS) is 30.1. The number of carbonyl (C=O) groups is 1. The van der Waals surface area contributed by atoms with Gasteiger partial charge in [-0.3, -0.25) is 4.79 Å². The van der Waals surface area contributed by atoms with Gasteiger partial charge in [0.15, 0.2) is 0 Å². The summed E-state index contributed by atoms with van der Waals surface area (Å²) in [6, 6.07) is 0.0301. The fourth-order valence-corrected chi connectivity index (χ4v) is 4.44. The smallest absolute Gasteiger partial charge is 0.304 e. The minimum Gasteiger partial charge on any atom is -0.481 e. The molecule has 2 heterocycles. The molecule has 0 aromatic carbocycles. The Balaban J connectivity index is 2.06. The number of sulfonamides is 1. The molecule has 2 aliphatic rings. The van der Waals surface area contributed by atoms with E-state index in [4.69, 9.17) is 5.11 Å². The van der Waals surface area contributed by atoms with Crippen LogP contribution in [-0.2, 0) is 14.8 Å². The molecule has 0 amide bonds. The number of nitrogens with one attached hydrogen (secondary N) is 1. The van der Waals surface area contributed by atoms with Crippen molar-refractivity contribution in [3.8, 4) is 0 Å². The first-order valence-electron chi connectivity index (χ1n) is 5.93. The zero-order chi connectivity index (χ0) is 12.5. The highest BCUT2D eigenvalue weighted by Gasteiger charge is 2.40. The van der Waals surface area contributed by atoms with Gasteiger partial charge in [0, 0.05) is 19.1 Å². The van der Waals surface area contributed by atoms with Crippen LogP contribution in [0.5, 0.6) is 0 Å². The van der Waals surface area contributed by atoms with Gasteiger partial charge in [-0.1, -0.05) is 0 Å². The summed E-state index contributed by atoms with van der Waals surface area (Å²) in [5, 5.41) is 11.8. The molecule has 6 nitrogen and oxygen atoms in total. The third-order valence-electron chi connectivity index (χ3n) is 3.56. The lowest BCUT2D eigenvalue weighted by Crippen LogP contribution is -2.49. The number of carboxylic acids is 1. The van der Waals surface area contributed by atoms with Crippen LogP contribution in [0.4, 0.5) is 0 Å². The van der Waals surface area contributed by atoms with Crippen LogP contribution in [0, 0.1) is 5.92 Å². The van der Waals surface area contributed by atoms with Crippen molar-refractivity contribution in [1.29, 1.82) is 0 Å². The van der Waals surface area contributed by atoms with Crippen molar-refractivity contribution >= 4 is 16.0 Å². The van der Waals surface area contributed by atoms with Crippen molar-refractivity contribution in [3.05, 3.63) is 0 Å². The Morgan fingerprint density at radius 3 is 2.88 bits per heavy atom. The summed E-state index contributed by atoms with van der Waals surface area (Å²) >= 11 is 0. The van der Waals surface area contributed by atoms with Crippen LogP contribution in [0.25, 0.3) is 0 Å². The monoisotopic (exact) mass is 262 g/mol. The zero-order valence-corrected chi connectivity index (χ0v) is 10.4. The van der Waals surface area contributed by atoms with Gasteiger partial charge in [-0.25, -0.2) is 8.42 Å². The van der Waals surface area contributed by atoms with Gasteiger partial charge in [-0.15, -0.1) is 0 Å². The fraction of sp³-hybridized carbons (Fsp3) is 0.900. The zero-order valence-electron chi connectivity index (χ0n) is 9.63. The summed E-state index contributed by atoms with van der Waals surface area (Å²) in [5.74, 6) is -0.957. The van der Waals surface area contributed by atoms with E-state index in [2.05, 4.69) is 5.32 Å². The van der Waals surface area contributed by atoms with Crippen molar-refractivity contribution in [1.82, 2.24) is 9.62 Å². The lowest BCUT2D eigenvalue weighted by Gasteiger charge is -2.35. The predicted molar refractivity (Wildman–Crippen MR) is 62.1 cm³/mol. The Morgan fingerprint density at radius 1 is 1.41 bits per heavy atom. The number of carboxylic acid groups (broad SMARTS) is 1. The van der Waals surface area contributed by atoms with Crippen LogP contribution in [0.1, 0.15) is 19.3 Å². The Labute approximate surface area is 101 Å². The number of rotatable bonds is 4. The lowest BCUT2D eigenvalue weighted by molar-refractivity contribution is -0.136. The molecule has 2 fully saturated rings. The first-order valence-corrected chi connectivity index (χ1v) is 7.53. The minimum atomic E-state index is -3.42. The Bertz CT molecular complexity index is 395. The molecule has 2 rings (SSSR count). The molecule has 7 heteroatoms. The quantitative estimate of drug-likeness (QED) is 0.711. The van der Waals surface area contributed by atoms with E-state index in [1.165, 1.54) is 4.31 Å². The molecule has 17 heavy (non-hydrogen) atoms. The SMILES string of the molecule is O=C(O)CCS(=O)(=O)N1CCCC2CNCC21. The molecule has 0 aliphatic carbocycles. The van der Waals surface area contributed by atoms with E-state index in [1.807, 2.05) is 0 Å². The van der Waals surface area contributed by atoms with Gasteiger partial charge < -0.3 is 10.4 Å². The van der Waals surface area contributed by atoms with E-state index >= 15 is 0 Å². The molecule has 2 saturated heterocycles. The van der Waals surface area contributed by atoms with Gasteiger partial charge in [0.05, 0.1) is 12.2 Å². The minimum absolute atomic E-state index is 0.0301. The van der Waals surface area contributed by atoms with Crippen molar-refractivity contribution in [2.24, 2.45) is 5.92 Å². The lowest BCUT2D eigenvalue weighted by atomic mass is 9.94. The standard InChI is InChI=1S/C10H18N2O4S/c13-10(14)3-5-17(15,16)12-4-1-2-8-6-11-7-9(8)12/h8-9,11H,1-7H2,(H,13,14). The molecule has 2 N–H and O–H groups in total. The number of aliphatic carboxylic acids is 1. The summed E-state index contributed by atoms with van der Waals surface area (Å²) < 4.78 is 25.7. The number of hydrogen-bond donors (Lipinski definition) is 2. The van der Waals surface area contributed by atoms with E-state index in [1.54, 1.807) is 0 Å². The maximum Gasteiger partial charge on any atom is 0.304 e. The Morgan fingerprint density at radius 2 is 2.18 bits per heavy atom. The maximum atomic E-state index is 12.1. The Kier molecular flexibility index (Phi) is 3.70. The fourth-order valence-electron chi connectivity index (χ4n) is 2.70. The van der Waals surface area contributed by atoms with E-state index in [0.29, 0.717) is 19.0 Å². The average molecular weight is 262 g/mol. The first kappa shape index (κ1) is 12.8. The summed E-state index contributed by atoms with van der Waals surface area (Å²) in [5.41, 5.74) is 0. The van der Waals surface area contributed by atoms with E-state index in [-0.39, 0.29) is 18.2 Å². The van der Waals surface area contributed by atoms with Crippen LogP contribution in [0.15, 0.2) is 0 Å². The van der Waals surface area contributed by atoms with Crippen molar-refractivity contribution < 1.29 is 18.3 Å². The summed E-state index contributed by atoms with van der Waals surface area (Å²) in [6.45, 7) is 2.09. The third kappa shape index (κ3) is 2.78. The van der Waals surface area contributed by atoms with Crippen LogP contribution in [0.3, 0.4) is 0 Å². The molecule has 0 saturated carbocycles. The third-order valence-corrected chi connectivity index (χ3v) is 5.45. The number of fused-ring (bicyclic) bond motifs is 1. The van der Waals surface area contributed by atoms with Gasteiger partial charge in [0.1, 0.15) is 0 Å². The first-order chi connectivity index (χ1) is 8.00. The van der Waals surface area contributed by atoms with E-state index in [0.717, 1.165) is 19.4 Å². The molecule has 2 atom stereocenters. The van der Waals surface area contributed by atoms with Crippen LogP contribution in [-0.4, -0.2) is 55.2 Å². The summed E-state index contributed by atoms with van der Waals surface area (Å²) in [4.78, 5) is 10.5. The van der Waals surface area contributed by atoms with Gasteiger partial charge >= 0.3 is 5.97 Å². The average Bonchev–Trinajstić information content (AvgIpc) is 2.74. The molecule has 0 aromatic heterocycles. The van der Waals surface area contributed by atoms with Crippen molar-refractivity contribution in [2.45, 2.75) is 25.3 Å². The molecule has 0 aromatic rings. The summed E-state index contributed by atoms with van der Waals surface area (Å²) in [6.07, 6.45) is 1.61. The topological polar surface area (TPSA) is 86.7 Å². The molecular formula is C10H18N2O4S. The predicted octanol–water partition coefficient (Wildman–Crippen LogP) is -0.525. The molecule has 0 spiro atoms. The number of nitrogens with zero attached hydrogens (tertiary/aromatic N) is 1.